The van der Waals surface area contributed by atoms with Crippen molar-refractivity contribution in [1.82, 2.24) is 19.9 Å². The number of anilines is 2. The maximum atomic E-state index is 4.51. The van der Waals surface area contributed by atoms with Crippen LogP contribution < -0.4 is 10.6 Å². The monoisotopic (exact) mass is 260 g/mol. The highest BCUT2D eigenvalue weighted by Gasteiger charge is 2.16. The zero-order valence-corrected chi connectivity index (χ0v) is 11.2. The summed E-state index contributed by atoms with van der Waals surface area (Å²) in [6.45, 7) is 0. The Morgan fingerprint density at radius 3 is 2.68 bits per heavy atom. The number of rotatable bonds is 3. The topological polar surface area (TPSA) is 78.5 Å². The summed E-state index contributed by atoms with van der Waals surface area (Å²) in [5.41, 5.74) is 1.60. The first-order valence-corrected chi connectivity index (χ1v) is 7.02. The second-order valence-corrected chi connectivity index (χ2v) is 5.08. The van der Waals surface area contributed by atoms with E-state index in [0.717, 1.165) is 11.3 Å². The van der Waals surface area contributed by atoms with E-state index in [1.807, 2.05) is 7.05 Å². The van der Waals surface area contributed by atoms with Crippen molar-refractivity contribution in [3.63, 3.8) is 0 Å². The Bertz CT molecular complexity index is 541. The number of nitrogens with zero attached hydrogens (tertiary/aromatic N) is 3. The molecule has 2 heterocycles. The predicted octanol–water partition coefficient (Wildman–Crippen LogP) is 2.53. The summed E-state index contributed by atoms with van der Waals surface area (Å²) in [6.07, 6.45) is 9.40. The van der Waals surface area contributed by atoms with Crippen LogP contribution >= 0.6 is 0 Å². The van der Waals surface area contributed by atoms with Crippen LogP contribution in [-0.2, 0) is 0 Å². The van der Waals surface area contributed by atoms with E-state index in [9.17, 15) is 0 Å². The molecule has 0 spiro atoms. The molecule has 2 aromatic rings. The number of nitrogens with one attached hydrogen (secondary N) is 3. The first kappa shape index (κ1) is 12.2. The van der Waals surface area contributed by atoms with Gasteiger partial charge in [-0.2, -0.15) is 9.97 Å². The smallest absolute Gasteiger partial charge is 0.226 e. The van der Waals surface area contributed by atoms with Crippen LogP contribution in [0.3, 0.4) is 0 Å². The molecule has 0 atom stereocenters. The second-order valence-electron chi connectivity index (χ2n) is 5.08. The van der Waals surface area contributed by atoms with Crippen LogP contribution in [0.5, 0.6) is 0 Å². The summed E-state index contributed by atoms with van der Waals surface area (Å²) in [5.74, 6) is 1.47. The molecule has 3 N–H and O–H groups in total. The lowest BCUT2D eigenvalue weighted by atomic mass is 10.1. The quantitative estimate of drug-likeness (QED) is 0.739. The van der Waals surface area contributed by atoms with E-state index in [2.05, 4.69) is 30.6 Å². The molecule has 6 heteroatoms. The van der Waals surface area contributed by atoms with E-state index in [1.54, 1.807) is 6.33 Å². The number of aromatic amines is 1. The van der Waals surface area contributed by atoms with Gasteiger partial charge in [0.2, 0.25) is 5.95 Å². The molecule has 0 amide bonds. The van der Waals surface area contributed by atoms with E-state index in [1.165, 1.54) is 38.5 Å². The van der Waals surface area contributed by atoms with Crippen LogP contribution in [0.25, 0.3) is 11.2 Å². The largest absolute Gasteiger partial charge is 0.365 e. The summed E-state index contributed by atoms with van der Waals surface area (Å²) in [5, 5.41) is 6.55. The zero-order chi connectivity index (χ0) is 13.1. The highest BCUT2D eigenvalue weighted by Crippen LogP contribution is 2.24. The molecule has 19 heavy (non-hydrogen) atoms. The van der Waals surface area contributed by atoms with Gasteiger partial charge in [-0.05, 0) is 12.8 Å². The van der Waals surface area contributed by atoms with Gasteiger partial charge in [0.1, 0.15) is 5.52 Å². The minimum atomic E-state index is 0.508. The Morgan fingerprint density at radius 1 is 1.16 bits per heavy atom. The van der Waals surface area contributed by atoms with E-state index >= 15 is 0 Å². The summed E-state index contributed by atoms with van der Waals surface area (Å²) < 4.78 is 0. The molecular formula is C13H20N6. The molecule has 0 unspecified atom stereocenters. The van der Waals surface area contributed by atoms with Crippen molar-refractivity contribution in [1.29, 1.82) is 0 Å². The van der Waals surface area contributed by atoms with E-state index in [0.29, 0.717) is 17.6 Å². The molecule has 3 rings (SSSR count). The number of imidazole rings is 1. The minimum absolute atomic E-state index is 0.508. The molecule has 0 aromatic carbocycles. The molecule has 1 aliphatic rings. The third-order valence-corrected chi connectivity index (χ3v) is 3.71. The van der Waals surface area contributed by atoms with Crippen molar-refractivity contribution in [3.8, 4) is 0 Å². The molecule has 0 saturated heterocycles. The van der Waals surface area contributed by atoms with Gasteiger partial charge >= 0.3 is 0 Å². The fraction of sp³-hybridized carbons (Fsp3) is 0.615. The lowest BCUT2D eigenvalue weighted by Gasteiger charge is -2.17. The Balaban J connectivity index is 1.87. The first-order chi connectivity index (χ1) is 9.36. The molecule has 6 nitrogen and oxygen atoms in total. The highest BCUT2D eigenvalue weighted by atomic mass is 15.2. The number of hydrogen-bond donors (Lipinski definition) is 3. The summed E-state index contributed by atoms with van der Waals surface area (Å²) in [7, 11) is 1.82. The van der Waals surface area contributed by atoms with Crippen LogP contribution in [0.2, 0.25) is 0 Å². The van der Waals surface area contributed by atoms with Gasteiger partial charge in [-0.1, -0.05) is 25.7 Å². The van der Waals surface area contributed by atoms with E-state index in [-0.39, 0.29) is 0 Å². The predicted molar refractivity (Wildman–Crippen MR) is 76.3 cm³/mol. The highest BCUT2D eigenvalue weighted by molar-refractivity contribution is 5.83. The molecule has 0 aliphatic heterocycles. The summed E-state index contributed by atoms with van der Waals surface area (Å²) >= 11 is 0. The van der Waals surface area contributed by atoms with Gasteiger partial charge in [-0.15, -0.1) is 0 Å². The third-order valence-electron chi connectivity index (χ3n) is 3.71. The number of H-pyrrole nitrogens is 1. The van der Waals surface area contributed by atoms with Crippen molar-refractivity contribution < 1.29 is 0 Å². The minimum Gasteiger partial charge on any atom is -0.365 e. The zero-order valence-electron chi connectivity index (χ0n) is 11.2. The maximum absolute atomic E-state index is 4.51. The molecule has 0 radical (unpaired) electrons. The molecule has 1 aliphatic carbocycles. The van der Waals surface area contributed by atoms with Gasteiger partial charge in [-0.3, -0.25) is 0 Å². The third kappa shape index (κ3) is 2.62. The van der Waals surface area contributed by atoms with Crippen molar-refractivity contribution in [2.24, 2.45) is 0 Å². The molecule has 1 saturated carbocycles. The lowest BCUT2D eigenvalue weighted by molar-refractivity contribution is 0.618. The maximum Gasteiger partial charge on any atom is 0.226 e. The van der Waals surface area contributed by atoms with Crippen LogP contribution in [0.4, 0.5) is 11.8 Å². The van der Waals surface area contributed by atoms with E-state index < -0.39 is 0 Å². The fourth-order valence-corrected chi connectivity index (χ4v) is 2.67. The normalized spacial score (nSPS) is 17.3. The molecule has 102 valence electrons. The fourth-order valence-electron chi connectivity index (χ4n) is 2.67. The van der Waals surface area contributed by atoms with Crippen LogP contribution in [-0.4, -0.2) is 33.0 Å². The van der Waals surface area contributed by atoms with Crippen LogP contribution in [0.15, 0.2) is 6.33 Å². The summed E-state index contributed by atoms with van der Waals surface area (Å²) in [4.78, 5) is 16.2. The molecule has 0 bridgehead atoms. The van der Waals surface area contributed by atoms with Gasteiger partial charge in [0.25, 0.3) is 0 Å². The average molecular weight is 260 g/mol. The summed E-state index contributed by atoms with van der Waals surface area (Å²) in [6, 6.07) is 0.508. The van der Waals surface area contributed by atoms with Crippen LogP contribution in [0.1, 0.15) is 38.5 Å². The standard InChI is InChI=1S/C13H20N6/c1-14-13-18-11-10(15-8-16-11)12(19-13)17-9-6-4-2-3-5-7-9/h8-9H,2-7H2,1H3,(H3,14,15,16,17,18,19). The van der Waals surface area contributed by atoms with Gasteiger partial charge in [-0.25, -0.2) is 4.98 Å². The Kier molecular flexibility index (Phi) is 3.48. The molecular weight excluding hydrogens is 240 g/mol. The molecule has 1 fully saturated rings. The van der Waals surface area contributed by atoms with Crippen molar-refractivity contribution in [2.45, 2.75) is 44.6 Å². The number of hydrogen-bond acceptors (Lipinski definition) is 5. The average Bonchev–Trinajstić information content (AvgIpc) is 2.76. The van der Waals surface area contributed by atoms with E-state index in [4.69, 9.17) is 0 Å². The Labute approximate surface area is 112 Å². The Morgan fingerprint density at radius 2 is 1.95 bits per heavy atom. The number of aromatic nitrogens is 4. The molecule has 2 aromatic heterocycles. The van der Waals surface area contributed by atoms with Crippen molar-refractivity contribution >= 4 is 22.9 Å². The van der Waals surface area contributed by atoms with Gasteiger partial charge < -0.3 is 15.6 Å². The van der Waals surface area contributed by atoms with Crippen molar-refractivity contribution in [2.75, 3.05) is 17.7 Å². The Hall–Kier alpha value is -1.85. The second kappa shape index (κ2) is 5.42. The van der Waals surface area contributed by atoms with Crippen molar-refractivity contribution in [3.05, 3.63) is 6.33 Å². The van der Waals surface area contributed by atoms with Gasteiger partial charge in [0, 0.05) is 13.1 Å². The number of fused-ring (bicyclic) bond motifs is 1. The first-order valence-electron chi connectivity index (χ1n) is 7.02. The van der Waals surface area contributed by atoms with Crippen LogP contribution in [0, 0.1) is 0 Å². The SMILES string of the molecule is CNc1nc(NC2CCCCCC2)c2[nH]cnc2n1. The van der Waals surface area contributed by atoms with Gasteiger partial charge in [0.15, 0.2) is 11.5 Å². The lowest BCUT2D eigenvalue weighted by Crippen LogP contribution is -2.19. The van der Waals surface area contributed by atoms with Gasteiger partial charge in [0.05, 0.1) is 6.33 Å².